The van der Waals surface area contributed by atoms with Crippen molar-refractivity contribution < 1.29 is 14.6 Å². The van der Waals surface area contributed by atoms with Crippen LogP contribution in [0.5, 0.6) is 5.75 Å². The van der Waals surface area contributed by atoms with Crippen LogP contribution in [0.1, 0.15) is 5.56 Å². The molecule has 1 N–H and O–H groups in total. The number of rotatable bonds is 4. The lowest BCUT2D eigenvalue weighted by atomic mass is 10.0. The van der Waals surface area contributed by atoms with Gasteiger partial charge in [0.2, 0.25) is 0 Å². The van der Waals surface area contributed by atoms with Crippen LogP contribution in [0, 0.1) is 0 Å². The third-order valence-corrected chi connectivity index (χ3v) is 3.57. The van der Waals surface area contributed by atoms with Gasteiger partial charge in [0.15, 0.2) is 0 Å². The first kappa shape index (κ1) is 14.3. The smallest absolute Gasteiger partial charge is 0.323 e. The number of aliphatic carboxylic acids is 1. The van der Waals surface area contributed by atoms with Crippen molar-refractivity contribution in [3.05, 3.63) is 42.0 Å². The van der Waals surface area contributed by atoms with E-state index in [0.717, 1.165) is 22.1 Å². The molecule has 20 heavy (non-hydrogen) atoms. The molecule has 0 aliphatic rings. The number of likely N-dealkylation sites (N-methyl/N-ethyl adjacent to an activating group) is 1. The summed E-state index contributed by atoms with van der Waals surface area (Å²) in [4.78, 5) is 12.8. The third-order valence-electron chi connectivity index (χ3n) is 3.04. The number of nitrogens with zero attached hydrogens (tertiary/aromatic N) is 1. The average Bonchev–Trinajstić information content (AvgIpc) is 2.44. The highest BCUT2D eigenvalue weighted by Crippen LogP contribution is 2.24. The largest absolute Gasteiger partial charge is 0.497 e. The summed E-state index contributed by atoms with van der Waals surface area (Å²) >= 11 is 5.38. The van der Waals surface area contributed by atoms with E-state index in [2.05, 4.69) is 0 Å². The van der Waals surface area contributed by atoms with Gasteiger partial charge in [-0.3, -0.25) is 4.79 Å². The number of carboxylic acid groups (broad SMARTS) is 1. The van der Waals surface area contributed by atoms with Gasteiger partial charge >= 0.3 is 5.97 Å². The molecule has 0 unspecified atom stereocenters. The minimum absolute atomic E-state index is 0.120. The number of thiocarbonyl (C=S) groups is 1. The van der Waals surface area contributed by atoms with E-state index in [1.165, 1.54) is 0 Å². The number of hydrogen-bond acceptors (Lipinski definition) is 3. The van der Waals surface area contributed by atoms with E-state index in [4.69, 9.17) is 22.1 Å². The number of hydrogen-bond donors (Lipinski definition) is 1. The second kappa shape index (κ2) is 5.88. The molecule has 0 atom stereocenters. The van der Waals surface area contributed by atoms with Crippen LogP contribution in [-0.2, 0) is 4.79 Å². The maximum atomic E-state index is 10.8. The lowest BCUT2D eigenvalue weighted by Crippen LogP contribution is -2.31. The number of ether oxygens (including phenoxy) is 1. The molecule has 2 rings (SSSR count). The van der Waals surface area contributed by atoms with Gasteiger partial charge in [-0.1, -0.05) is 30.4 Å². The summed E-state index contributed by atoms with van der Waals surface area (Å²) < 4.78 is 5.20. The Morgan fingerprint density at radius 2 is 2.10 bits per heavy atom. The molecule has 104 valence electrons. The summed E-state index contributed by atoms with van der Waals surface area (Å²) in [5, 5.41) is 10.8. The average molecular weight is 289 g/mol. The van der Waals surface area contributed by atoms with Crippen molar-refractivity contribution in [3.63, 3.8) is 0 Å². The van der Waals surface area contributed by atoms with E-state index in [9.17, 15) is 4.79 Å². The fourth-order valence-corrected chi connectivity index (χ4v) is 2.30. The predicted octanol–water partition coefficient (Wildman–Crippen LogP) is 2.54. The van der Waals surface area contributed by atoms with E-state index in [1.54, 1.807) is 19.1 Å². The van der Waals surface area contributed by atoms with Gasteiger partial charge in [-0.2, -0.15) is 0 Å². The number of methoxy groups -OCH3 is 1. The second-order valence-corrected chi connectivity index (χ2v) is 4.83. The van der Waals surface area contributed by atoms with Gasteiger partial charge in [0.25, 0.3) is 0 Å². The van der Waals surface area contributed by atoms with Crippen LogP contribution in [0.15, 0.2) is 36.4 Å². The SMILES string of the molecule is COc1ccc2c(C(=S)N(C)CC(=O)O)cccc2c1. The minimum Gasteiger partial charge on any atom is -0.497 e. The Morgan fingerprint density at radius 3 is 2.75 bits per heavy atom. The summed E-state index contributed by atoms with van der Waals surface area (Å²) in [5.74, 6) is -0.129. The molecule has 2 aromatic rings. The van der Waals surface area contributed by atoms with Crippen molar-refractivity contribution in [1.82, 2.24) is 4.90 Å². The number of fused-ring (bicyclic) bond motifs is 1. The molecule has 0 spiro atoms. The minimum atomic E-state index is -0.906. The first-order valence-corrected chi connectivity index (χ1v) is 6.48. The normalized spacial score (nSPS) is 10.3. The number of carboxylic acids is 1. The first-order valence-electron chi connectivity index (χ1n) is 6.07. The van der Waals surface area contributed by atoms with Crippen molar-refractivity contribution in [1.29, 1.82) is 0 Å². The van der Waals surface area contributed by atoms with E-state index in [0.29, 0.717) is 4.99 Å². The molecule has 4 nitrogen and oxygen atoms in total. The Kier molecular flexibility index (Phi) is 4.20. The molecule has 0 aromatic heterocycles. The van der Waals surface area contributed by atoms with Gasteiger partial charge in [0.1, 0.15) is 17.3 Å². The monoisotopic (exact) mass is 289 g/mol. The van der Waals surface area contributed by atoms with Gasteiger partial charge in [-0.25, -0.2) is 0 Å². The third kappa shape index (κ3) is 2.88. The van der Waals surface area contributed by atoms with Crippen LogP contribution in [0.25, 0.3) is 10.8 Å². The molecule has 0 radical (unpaired) electrons. The highest BCUT2D eigenvalue weighted by molar-refractivity contribution is 7.80. The molecule has 0 saturated carbocycles. The molecule has 0 saturated heterocycles. The molecule has 0 aliphatic heterocycles. The van der Waals surface area contributed by atoms with Crippen LogP contribution in [0.3, 0.4) is 0 Å². The van der Waals surface area contributed by atoms with Crippen LogP contribution in [-0.4, -0.2) is 41.7 Å². The van der Waals surface area contributed by atoms with Crippen molar-refractivity contribution in [2.75, 3.05) is 20.7 Å². The first-order chi connectivity index (χ1) is 9.52. The van der Waals surface area contributed by atoms with E-state index in [1.807, 2.05) is 36.4 Å². The highest BCUT2D eigenvalue weighted by Gasteiger charge is 2.13. The zero-order valence-electron chi connectivity index (χ0n) is 11.3. The summed E-state index contributed by atoms with van der Waals surface area (Å²) in [6.07, 6.45) is 0. The fourth-order valence-electron chi connectivity index (χ4n) is 2.06. The Labute approximate surface area is 122 Å². The van der Waals surface area contributed by atoms with Crippen LogP contribution in [0.2, 0.25) is 0 Å². The lowest BCUT2D eigenvalue weighted by molar-refractivity contribution is -0.137. The fraction of sp³-hybridized carbons (Fsp3) is 0.200. The van der Waals surface area contributed by atoms with Gasteiger partial charge in [-0.05, 0) is 29.0 Å². The molecule has 0 aliphatic carbocycles. The van der Waals surface area contributed by atoms with E-state index >= 15 is 0 Å². The molecule has 2 aromatic carbocycles. The predicted molar refractivity (Wildman–Crippen MR) is 82.5 cm³/mol. The van der Waals surface area contributed by atoms with Crippen molar-refractivity contribution in [3.8, 4) is 5.75 Å². The number of carbonyl (C=O) groups is 1. The van der Waals surface area contributed by atoms with Gasteiger partial charge in [0.05, 0.1) is 7.11 Å². The topological polar surface area (TPSA) is 49.8 Å². The van der Waals surface area contributed by atoms with Gasteiger partial charge in [0, 0.05) is 12.6 Å². The molecule has 0 bridgehead atoms. The van der Waals surface area contributed by atoms with Crippen molar-refractivity contribution in [2.45, 2.75) is 0 Å². The van der Waals surface area contributed by atoms with Crippen molar-refractivity contribution in [2.24, 2.45) is 0 Å². The molecular formula is C15H15NO3S. The molecule has 0 fully saturated rings. The second-order valence-electron chi connectivity index (χ2n) is 4.45. The summed E-state index contributed by atoms with van der Waals surface area (Å²) in [5.41, 5.74) is 0.851. The summed E-state index contributed by atoms with van der Waals surface area (Å²) in [6.45, 7) is -0.120. The Balaban J connectivity index is 2.44. The Hall–Kier alpha value is -2.14. The van der Waals surface area contributed by atoms with Crippen LogP contribution in [0.4, 0.5) is 0 Å². The van der Waals surface area contributed by atoms with Crippen LogP contribution >= 0.6 is 12.2 Å². The summed E-state index contributed by atoms with van der Waals surface area (Å²) in [7, 11) is 3.30. The van der Waals surface area contributed by atoms with Gasteiger partial charge < -0.3 is 14.7 Å². The summed E-state index contributed by atoms with van der Waals surface area (Å²) in [6, 6.07) is 11.5. The quantitative estimate of drug-likeness (QED) is 0.877. The van der Waals surface area contributed by atoms with Crippen molar-refractivity contribution >= 4 is 33.9 Å². The zero-order valence-corrected chi connectivity index (χ0v) is 12.1. The maximum absolute atomic E-state index is 10.8. The molecule has 0 amide bonds. The van der Waals surface area contributed by atoms with E-state index in [-0.39, 0.29) is 6.54 Å². The number of benzene rings is 2. The Morgan fingerprint density at radius 1 is 1.35 bits per heavy atom. The standard InChI is InChI=1S/C15H15NO3S/c1-16(9-14(17)18)15(20)13-5-3-4-10-8-11(19-2)6-7-12(10)13/h3-8H,9H2,1-2H3,(H,17,18). The molecule has 0 heterocycles. The van der Waals surface area contributed by atoms with Gasteiger partial charge in [-0.15, -0.1) is 0 Å². The van der Waals surface area contributed by atoms with Crippen LogP contribution < -0.4 is 4.74 Å². The van der Waals surface area contributed by atoms with E-state index < -0.39 is 5.97 Å². The highest BCUT2D eigenvalue weighted by atomic mass is 32.1. The lowest BCUT2D eigenvalue weighted by Gasteiger charge is -2.19. The molecule has 5 heteroatoms. The zero-order chi connectivity index (χ0) is 14.7. The Bertz CT molecular complexity index is 669. The maximum Gasteiger partial charge on any atom is 0.323 e. The molecular weight excluding hydrogens is 274 g/mol.